The third kappa shape index (κ3) is 2.21. The zero-order valence-electron chi connectivity index (χ0n) is 9.53. The number of nitrogens with two attached hydrogens (primary N) is 2. The van der Waals surface area contributed by atoms with E-state index in [1.54, 1.807) is 0 Å². The van der Waals surface area contributed by atoms with E-state index in [1.165, 1.54) is 4.90 Å². The van der Waals surface area contributed by atoms with Crippen LogP contribution in [0.3, 0.4) is 0 Å². The molecule has 1 heterocycles. The lowest BCUT2D eigenvalue weighted by molar-refractivity contribution is -0.121. The molecule has 1 amide bonds. The summed E-state index contributed by atoms with van der Waals surface area (Å²) < 4.78 is 32.6. The number of carbonyl (C=O) groups excluding carboxylic acids is 1. The average Bonchev–Trinajstić information content (AvgIpc) is 2.28. The predicted molar refractivity (Wildman–Crippen MR) is 61.9 cm³/mol. The number of carbonyl (C=O) groups is 1. The number of ether oxygens (including phenoxy) is 1. The topological polar surface area (TPSA) is 81.6 Å². The molecular formula is C11H13F2N3O2. The zero-order valence-corrected chi connectivity index (χ0v) is 9.53. The Kier molecular flexibility index (Phi) is 3.33. The van der Waals surface area contributed by atoms with E-state index >= 15 is 0 Å². The number of hydrogen-bond acceptors (Lipinski definition) is 4. The minimum atomic E-state index is -0.883. The van der Waals surface area contributed by atoms with Crippen molar-refractivity contribution in [3.63, 3.8) is 0 Å². The van der Waals surface area contributed by atoms with E-state index in [0.717, 1.165) is 12.1 Å². The van der Waals surface area contributed by atoms with Gasteiger partial charge in [0, 0.05) is 12.2 Å². The summed E-state index contributed by atoms with van der Waals surface area (Å²) in [5.74, 6) is -2.33. The number of morpholine rings is 1. The molecule has 0 spiro atoms. The number of nitrogens with zero attached hydrogens (tertiary/aromatic N) is 1. The number of anilines is 2. The van der Waals surface area contributed by atoms with Crippen LogP contribution in [0.4, 0.5) is 20.2 Å². The van der Waals surface area contributed by atoms with Crippen molar-refractivity contribution in [3.8, 4) is 0 Å². The minimum absolute atomic E-state index is 0.0125. The largest absolute Gasteiger partial charge is 0.399 e. The van der Waals surface area contributed by atoms with Gasteiger partial charge in [-0.2, -0.15) is 0 Å². The average molecular weight is 257 g/mol. The fourth-order valence-corrected chi connectivity index (χ4v) is 1.97. The predicted octanol–water partition coefficient (Wildman–Crippen LogP) is 0.237. The Morgan fingerprint density at radius 3 is 2.56 bits per heavy atom. The molecule has 0 aliphatic carbocycles. The fourth-order valence-electron chi connectivity index (χ4n) is 1.97. The van der Waals surface area contributed by atoms with E-state index in [-0.39, 0.29) is 31.1 Å². The van der Waals surface area contributed by atoms with Gasteiger partial charge < -0.3 is 21.1 Å². The van der Waals surface area contributed by atoms with Gasteiger partial charge in [-0.3, -0.25) is 4.79 Å². The van der Waals surface area contributed by atoms with E-state index < -0.39 is 23.6 Å². The summed E-state index contributed by atoms with van der Waals surface area (Å²) in [6.07, 6.45) is 0. The van der Waals surface area contributed by atoms with Crippen molar-refractivity contribution in [3.05, 3.63) is 23.8 Å². The quantitative estimate of drug-likeness (QED) is 0.743. The SMILES string of the molecule is NC(=O)C1COCCN1c1c(F)cc(N)cc1F. The van der Waals surface area contributed by atoms with Crippen molar-refractivity contribution >= 4 is 17.3 Å². The van der Waals surface area contributed by atoms with Gasteiger partial charge in [0.15, 0.2) is 11.6 Å². The molecule has 18 heavy (non-hydrogen) atoms. The molecule has 1 atom stereocenters. The normalized spacial score (nSPS) is 19.9. The lowest BCUT2D eigenvalue weighted by Gasteiger charge is -2.35. The Morgan fingerprint density at radius 2 is 2.00 bits per heavy atom. The summed E-state index contributed by atoms with van der Waals surface area (Å²) >= 11 is 0. The van der Waals surface area contributed by atoms with E-state index in [0.29, 0.717) is 0 Å². The summed E-state index contributed by atoms with van der Waals surface area (Å²) in [7, 11) is 0. The van der Waals surface area contributed by atoms with Crippen molar-refractivity contribution in [1.29, 1.82) is 0 Å². The molecular weight excluding hydrogens is 244 g/mol. The first-order valence-electron chi connectivity index (χ1n) is 5.39. The van der Waals surface area contributed by atoms with E-state index in [2.05, 4.69) is 0 Å². The Morgan fingerprint density at radius 1 is 1.39 bits per heavy atom. The highest BCUT2D eigenvalue weighted by Crippen LogP contribution is 2.28. The van der Waals surface area contributed by atoms with Gasteiger partial charge in [0.05, 0.1) is 13.2 Å². The maximum Gasteiger partial charge on any atom is 0.242 e. The van der Waals surface area contributed by atoms with Crippen LogP contribution in [0.1, 0.15) is 0 Å². The molecule has 1 unspecified atom stereocenters. The van der Waals surface area contributed by atoms with Gasteiger partial charge >= 0.3 is 0 Å². The molecule has 4 N–H and O–H groups in total. The number of nitrogen functional groups attached to an aromatic ring is 1. The molecule has 0 bridgehead atoms. The van der Waals surface area contributed by atoms with Crippen LogP contribution in [0.25, 0.3) is 0 Å². The molecule has 0 aromatic heterocycles. The van der Waals surface area contributed by atoms with Crippen LogP contribution >= 0.6 is 0 Å². The number of primary amides is 1. The highest BCUT2D eigenvalue weighted by molar-refractivity contribution is 5.84. The monoisotopic (exact) mass is 257 g/mol. The van der Waals surface area contributed by atoms with E-state index in [1.807, 2.05) is 0 Å². The molecule has 7 heteroatoms. The van der Waals surface area contributed by atoms with Gasteiger partial charge in [-0.1, -0.05) is 0 Å². The van der Waals surface area contributed by atoms with E-state index in [4.69, 9.17) is 16.2 Å². The Hall–Kier alpha value is -1.89. The van der Waals surface area contributed by atoms with Crippen LogP contribution in [-0.2, 0) is 9.53 Å². The zero-order chi connectivity index (χ0) is 13.3. The van der Waals surface area contributed by atoms with Crippen molar-refractivity contribution in [2.75, 3.05) is 30.4 Å². The van der Waals surface area contributed by atoms with Crippen LogP contribution in [-0.4, -0.2) is 31.7 Å². The van der Waals surface area contributed by atoms with Gasteiger partial charge in [-0.05, 0) is 12.1 Å². The molecule has 0 saturated carbocycles. The summed E-state index contributed by atoms with van der Waals surface area (Å²) in [5.41, 5.74) is 10.2. The minimum Gasteiger partial charge on any atom is -0.399 e. The Labute approximate surface area is 102 Å². The van der Waals surface area contributed by atoms with Gasteiger partial charge in [-0.25, -0.2) is 8.78 Å². The number of rotatable bonds is 2. The van der Waals surface area contributed by atoms with Crippen molar-refractivity contribution in [2.24, 2.45) is 5.73 Å². The van der Waals surface area contributed by atoms with Crippen LogP contribution in [0.5, 0.6) is 0 Å². The fraction of sp³-hybridized carbons (Fsp3) is 0.364. The third-order valence-corrected chi connectivity index (χ3v) is 2.78. The molecule has 0 radical (unpaired) electrons. The first kappa shape index (κ1) is 12.6. The molecule has 5 nitrogen and oxygen atoms in total. The van der Waals surface area contributed by atoms with Crippen LogP contribution < -0.4 is 16.4 Å². The lowest BCUT2D eigenvalue weighted by Crippen LogP contribution is -2.53. The van der Waals surface area contributed by atoms with Crippen LogP contribution in [0.2, 0.25) is 0 Å². The van der Waals surface area contributed by atoms with Gasteiger partial charge in [0.25, 0.3) is 0 Å². The first-order chi connectivity index (χ1) is 8.50. The summed E-state index contributed by atoms with van der Waals surface area (Å²) in [5, 5.41) is 0. The lowest BCUT2D eigenvalue weighted by atomic mass is 10.1. The van der Waals surface area contributed by atoms with Gasteiger partial charge in [0.2, 0.25) is 5.91 Å². The highest BCUT2D eigenvalue weighted by Gasteiger charge is 2.31. The standard InChI is InChI=1S/C11H13F2N3O2/c12-7-3-6(14)4-8(13)10(7)16-1-2-18-5-9(16)11(15)17/h3-4,9H,1-2,5,14H2,(H2,15,17). The summed E-state index contributed by atoms with van der Waals surface area (Å²) in [6, 6.07) is 1.13. The molecule has 1 aromatic carbocycles. The van der Waals surface area contributed by atoms with Crippen molar-refractivity contribution in [2.45, 2.75) is 6.04 Å². The second kappa shape index (κ2) is 4.77. The molecule has 1 aliphatic rings. The molecule has 2 rings (SSSR count). The van der Waals surface area contributed by atoms with E-state index in [9.17, 15) is 13.6 Å². The summed E-state index contributed by atoms with van der Waals surface area (Å²) in [4.78, 5) is 12.5. The Bertz CT molecular complexity index is 458. The van der Waals surface area contributed by atoms with Gasteiger partial charge in [-0.15, -0.1) is 0 Å². The van der Waals surface area contributed by atoms with Crippen molar-refractivity contribution in [1.82, 2.24) is 0 Å². The molecule has 1 aromatic rings. The second-order valence-corrected chi connectivity index (χ2v) is 4.02. The Balaban J connectivity index is 2.43. The smallest absolute Gasteiger partial charge is 0.242 e. The molecule has 1 aliphatic heterocycles. The molecule has 1 fully saturated rings. The summed E-state index contributed by atoms with van der Waals surface area (Å²) in [6.45, 7) is 0.469. The van der Waals surface area contributed by atoms with Crippen LogP contribution in [0.15, 0.2) is 12.1 Å². The number of halogens is 2. The highest BCUT2D eigenvalue weighted by atomic mass is 19.1. The maximum absolute atomic E-state index is 13.8. The number of amides is 1. The third-order valence-electron chi connectivity index (χ3n) is 2.78. The maximum atomic E-state index is 13.8. The second-order valence-electron chi connectivity index (χ2n) is 4.02. The van der Waals surface area contributed by atoms with Gasteiger partial charge in [0.1, 0.15) is 11.7 Å². The number of hydrogen-bond donors (Lipinski definition) is 2. The van der Waals surface area contributed by atoms with Crippen molar-refractivity contribution < 1.29 is 18.3 Å². The number of benzene rings is 1. The van der Waals surface area contributed by atoms with Crippen LogP contribution in [0, 0.1) is 11.6 Å². The molecule has 1 saturated heterocycles. The molecule has 98 valence electrons. The first-order valence-corrected chi connectivity index (χ1v) is 5.39.